The van der Waals surface area contributed by atoms with Crippen molar-refractivity contribution in [1.82, 2.24) is 0 Å². The van der Waals surface area contributed by atoms with Crippen LogP contribution in [0.2, 0.25) is 0 Å². The summed E-state index contributed by atoms with van der Waals surface area (Å²) in [6, 6.07) is 14.0. The molecular formula is C38H36N2O5. The maximum Gasteiger partial charge on any atom is 0.238 e. The lowest BCUT2D eigenvalue weighted by Crippen LogP contribution is -2.35. The number of allylic oxidation sites excluding steroid dienone is 6. The second kappa shape index (κ2) is 9.99. The number of carbonyl (C=O) groups is 4. The minimum atomic E-state index is -0.313. The van der Waals surface area contributed by atoms with Crippen molar-refractivity contribution in [3.05, 3.63) is 98.1 Å². The molecule has 8 unspecified atom stereocenters. The average molecular weight is 601 g/mol. The zero-order valence-corrected chi connectivity index (χ0v) is 25.1. The van der Waals surface area contributed by atoms with Crippen LogP contribution in [0.3, 0.4) is 0 Å². The van der Waals surface area contributed by atoms with Crippen LogP contribution in [0.25, 0.3) is 0 Å². The molecule has 45 heavy (non-hydrogen) atoms. The number of hydrogen-bond donors (Lipinski definition) is 0. The van der Waals surface area contributed by atoms with Gasteiger partial charge in [-0.25, -0.2) is 0 Å². The van der Waals surface area contributed by atoms with E-state index in [0.29, 0.717) is 22.9 Å². The summed E-state index contributed by atoms with van der Waals surface area (Å²) in [6.07, 6.45) is 17.4. The molecule has 228 valence electrons. The summed E-state index contributed by atoms with van der Waals surface area (Å²) in [6.45, 7) is 7.69. The number of anilines is 2. The molecule has 2 saturated carbocycles. The van der Waals surface area contributed by atoms with E-state index < -0.39 is 0 Å². The molecule has 0 N–H and O–H groups in total. The highest BCUT2D eigenvalue weighted by atomic mass is 16.5. The van der Waals surface area contributed by atoms with Crippen molar-refractivity contribution in [2.75, 3.05) is 9.80 Å². The lowest BCUT2D eigenvalue weighted by molar-refractivity contribution is -0.125. The van der Waals surface area contributed by atoms with Crippen LogP contribution in [0.15, 0.2) is 98.1 Å². The monoisotopic (exact) mass is 600 g/mol. The molecule has 6 aliphatic rings. The van der Waals surface area contributed by atoms with Crippen LogP contribution in [0.4, 0.5) is 11.4 Å². The third-order valence-corrected chi connectivity index (χ3v) is 11.5. The molecule has 0 radical (unpaired) electrons. The number of carbonyl (C=O) groups excluding carboxylic acids is 4. The van der Waals surface area contributed by atoms with Crippen molar-refractivity contribution >= 4 is 35.0 Å². The van der Waals surface area contributed by atoms with Crippen LogP contribution in [-0.4, -0.2) is 23.6 Å². The first-order valence-electron chi connectivity index (χ1n) is 16.0. The van der Waals surface area contributed by atoms with E-state index in [1.54, 1.807) is 48.5 Å². The Kier molecular flexibility index (Phi) is 6.22. The number of amides is 4. The van der Waals surface area contributed by atoms with Crippen molar-refractivity contribution in [3.63, 3.8) is 0 Å². The van der Waals surface area contributed by atoms with Gasteiger partial charge < -0.3 is 4.74 Å². The van der Waals surface area contributed by atoms with E-state index in [9.17, 15) is 19.2 Å². The van der Waals surface area contributed by atoms with Gasteiger partial charge >= 0.3 is 0 Å². The Morgan fingerprint density at radius 1 is 0.644 bits per heavy atom. The maximum absolute atomic E-state index is 13.6. The zero-order chi connectivity index (χ0) is 31.1. The quantitative estimate of drug-likeness (QED) is 0.222. The predicted octanol–water partition coefficient (Wildman–Crippen LogP) is 6.77. The van der Waals surface area contributed by atoms with E-state index >= 15 is 0 Å². The molecule has 0 spiro atoms. The standard InChI is InChI=1S/C38H36N2O5/c1-3-5-17-37-19-15-23(21-37)29-31(37)35(43)39(33(29)41)25-7-11-27(12-8-25)45-28-13-9-26(10-14-28)40-34(42)30-24-16-20-38(22-24,18-6-4-2)32(30)36(40)44/h3-4,7-16,19-20,23-24,29-32H,1-2,5-6,17-18,21-22H2. The van der Waals surface area contributed by atoms with Gasteiger partial charge in [0.25, 0.3) is 0 Å². The Morgan fingerprint density at radius 3 is 1.42 bits per heavy atom. The van der Waals surface area contributed by atoms with Crippen molar-refractivity contribution < 1.29 is 23.9 Å². The molecule has 4 amide bonds. The van der Waals surface area contributed by atoms with Crippen LogP contribution in [0, 0.1) is 46.3 Å². The summed E-state index contributed by atoms with van der Waals surface area (Å²) in [5.41, 5.74) is 0.581. The van der Waals surface area contributed by atoms with Gasteiger partial charge in [-0.2, -0.15) is 0 Å². The summed E-state index contributed by atoms with van der Waals surface area (Å²) in [5, 5.41) is 0. The summed E-state index contributed by atoms with van der Waals surface area (Å²) in [7, 11) is 0. The van der Waals surface area contributed by atoms with Gasteiger partial charge in [-0.05, 0) is 98.9 Å². The zero-order valence-electron chi connectivity index (χ0n) is 25.1. The summed E-state index contributed by atoms with van der Waals surface area (Å²) >= 11 is 0. The Morgan fingerprint density at radius 2 is 1.04 bits per heavy atom. The molecule has 0 aromatic heterocycles. The first-order chi connectivity index (χ1) is 21.8. The number of benzene rings is 2. The Labute approximate surface area is 262 Å². The molecule has 2 aromatic carbocycles. The SMILES string of the molecule is C=CCCC12C=CC(C1)C1C(=O)N(c3ccc(Oc4ccc(N5C(=O)C6C7C=CC(CCC=C)(C7)C6C5=O)cc4)cc3)C(=O)C12. The molecule has 4 fully saturated rings. The lowest BCUT2D eigenvalue weighted by atomic mass is 9.72. The van der Waals surface area contributed by atoms with Crippen molar-refractivity contribution in [2.45, 2.75) is 38.5 Å². The molecule has 4 aliphatic carbocycles. The van der Waals surface area contributed by atoms with E-state index in [1.165, 1.54) is 9.80 Å². The fourth-order valence-corrected chi connectivity index (χ4v) is 9.58. The minimum absolute atomic E-state index is 0.114. The van der Waals surface area contributed by atoms with Gasteiger partial charge in [0.05, 0.1) is 35.0 Å². The van der Waals surface area contributed by atoms with E-state index in [4.69, 9.17) is 4.74 Å². The summed E-state index contributed by atoms with van der Waals surface area (Å²) in [5.74, 6) is -0.352. The molecule has 4 bridgehead atoms. The number of imide groups is 2. The van der Waals surface area contributed by atoms with Crippen LogP contribution in [0.5, 0.6) is 11.5 Å². The largest absolute Gasteiger partial charge is 0.457 e. The molecule has 8 rings (SSSR count). The van der Waals surface area contributed by atoms with E-state index in [-0.39, 0.29) is 70.0 Å². The van der Waals surface area contributed by atoms with Crippen LogP contribution >= 0.6 is 0 Å². The third-order valence-electron chi connectivity index (χ3n) is 11.5. The fraction of sp³-hybridized carbons (Fsp3) is 0.368. The highest BCUT2D eigenvalue weighted by Gasteiger charge is 2.67. The summed E-state index contributed by atoms with van der Waals surface area (Å²) in [4.78, 5) is 57.0. The van der Waals surface area contributed by atoms with Crippen molar-refractivity contribution in [1.29, 1.82) is 0 Å². The van der Waals surface area contributed by atoms with Gasteiger partial charge in [0.15, 0.2) is 0 Å². The maximum atomic E-state index is 13.6. The first-order valence-corrected chi connectivity index (χ1v) is 16.0. The molecule has 7 nitrogen and oxygen atoms in total. The van der Waals surface area contributed by atoms with Gasteiger partial charge in [-0.15, -0.1) is 13.2 Å². The topological polar surface area (TPSA) is 84.0 Å². The summed E-state index contributed by atoms with van der Waals surface area (Å²) < 4.78 is 6.06. The van der Waals surface area contributed by atoms with Crippen molar-refractivity contribution in [3.8, 4) is 11.5 Å². The highest BCUT2D eigenvalue weighted by molar-refractivity contribution is 6.24. The molecule has 8 atom stereocenters. The third kappa shape index (κ3) is 3.88. The van der Waals surface area contributed by atoms with Crippen LogP contribution in [0.1, 0.15) is 38.5 Å². The molecule has 2 heterocycles. The molecule has 2 aromatic rings. The smallest absolute Gasteiger partial charge is 0.238 e. The molecular weight excluding hydrogens is 564 g/mol. The second-order valence-electron chi connectivity index (χ2n) is 13.7. The molecule has 2 aliphatic heterocycles. The van der Waals surface area contributed by atoms with Gasteiger partial charge in [0.1, 0.15) is 11.5 Å². The van der Waals surface area contributed by atoms with Crippen molar-refractivity contribution in [2.24, 2.45) is 46.3 Å². The van der Waals surface area contributed by atoms with Crippen LogP contribution in [-0.2, 0) is 19.2 Å². The fourth-order valence-electron chi connectivity index (χ4n) is 9.58. The minimum Gasteiger partial charge on any atom is -0.457 e. The Balaban J connectivity index is 0.958. The van der Waals surface area contributed by atoms with Gasteiger partial charge in [-0.1, -0.05) is 36.5 Å². The Hall–Kier alpha value is -4.52. The normalized spacial score (nSPS) is 35.1. The van der Waals surface area contributed by atoms with Gasteiger partial charge in [0.2, 0.25) is 23.6 Å². The first kappa shape index (κ1) is 28.0. The predicted molar refractivity (Wildman–Crippen MR) is 170 cm³/mol. The molecule has 7 heteroatoms. The number of rotatable bonds is 10. The van der Waals surface area contributed by atoms with E-state index in [1.807, 2.05) is 12.2 Å². The average Bonchev–Trinajstić information content (AvgIpc) is 3.88. The number of ether oxygens (including phenoxy) is 1. The number of fused-ring (bicyclic) bond motifs is 10. The number of hydrogen-bond acceptors (Lipinski definition) is 5. The van der Waals surface area contributed by atoms with E-state index in [2.05, 4.69) is 37.5 Å². The Bertz CT molecular complexity index is 1580. The van der Waals surface area contributed by atoms with Gasteiger partial charge in [-0.3, -0.25) is 29.0 Å². The highest BCUT2D eigenvalue weighted by Crippen LogP contribution is 2.63. The lowest BCUT2D eigenvalue weighted by Gasteiger charge is -2.30. The van der Waals surface area contributed by atoms with E-state index in [0.717, 1.165) is 38.5 Å². The second-order valence-corrected chi connectivity index (χ2v) is 13.7. The number of nitrogens with zero attached hydrogens (tertiary/aromatic N) is 2. The van der Waals surface area contributed by atoms with Gasteiger partial charge in [0, 0.05) is 10.8 Å². The van der Waals surface area contributed by atoms with Crippen LogP contribution < -0.4 is 14.5 Å². The molecule has 2 saturated heterocycles.